The van der Waals surface area contributed by atoms with Crippen LogP contribution in [-0.4, -0.2) is 30.3 Å². The molecule has 0 saturated carbocycles. The van der Waals surface area contributed by atoms with Crippen LogP contribution in [0.2, 0.25) is 5.02 Å². The van der Waals surface area contributed by atoms with Gasteiger partial charge in [-0.3, -0.25) is 0 Å². The number of ether oxygens (including phenoxy) is 2. The van der Waals surface area contributed by atoms with Crippen LogP contribution in [0.3, 0.4) is 0 Å². The highest BCUT2D eigenvalue weighted by Crippen LogP contribution is 2.13. The van der Waals surface area contributed by atoms with E-state index in [-0.39, 0.29) is 11.5 Å². The Bertz CT molecular complexity index is 770. The lowest BCUT2D eigenvalue weighted by Crippen LogP contribution is -2.01. The molecule has 0 amide bonds. The number of hydrogen-bond acceptors (Lipinski definition) is 5. The zero-order valence-corrected chi connectivity index (χ0v) is 18.4. The standard InChI is InChI=1S/C18H24O5.C6H6ClN/c1-2-17(19)23-14-8-6-4-3-5-7-13-22-16-11-9-15(10-12-16)18(20)21;7-5-1-3-6(8)4-2-5/h2,9-12H,1,3-8,13-14H2,(H,20,21);1-4H,8H2. The summed E-state index contributed by atoms with van der Waals surface area (Å²) >= 11 is 5.56. The first-order valence-electron chi connectivity index (χ1n) is 10.2. The zero-order chi connectivity index (χ0) is 22.9. The Morgan fingerprint density at radius 2 is 1.45 bits per heavy atom. The van der Waals surface area contributed by atoms with E-state index in [1.54, 1.807) is 36.4 Å². The summed E-state index contributed by atoms with van der Waals surface area (Å²) in [5.74, 6) is -0.603. The van der Waals surface area contributed by atoms with Crippen molar-refractivity contribution in [2.24, 2.45) is 0 Å². The second kappa shape index (κ2) is 15.8. The monoisotopic (exact) mass is 447 g/mol. The van der Waals surface area contributed by atoms with Crippen molar-refractivity contribution in [2.75, 3.05) is 18.9 Å². The molecular weight excluding hydrogens is 418 g/mol. The molecule has 0 radical (unpaired) electrons. The molecule has 168 valence electrons. The number of nitrogens with two attached hydrogens (primary N) is 1. The number of esters is 1. The van der Waals surface area contributed by atoms with Gasteiger partial charge in [-0.25, -0.2) is 9.59 Å². The van der Waals surface area contributed by atoms with Gasteiger partial charge in [0, 0.05) is 16.8 Å². The number of carbonyl (C=O) groups excluding carboxylic acids is 1. The van der Waals surface area contributed by atoms with Crippen molar-refractivity contribution >= 4 is 29.2 Å². The van der Waals surface area contributed by atoms with E-state index in [9.17, 15) is 9.59 Å². The van der Waals surface area contributed by atoms with Gasteiger partial charge in [-0.15, -0.1) is 0 Å². The normalized spacial score (nSPS) is 9.84. The van der Waals surface area contributed by atoms with Crippen LogP contribution < -0.4 is 10.5 Å². The minimum atomic E-state index is -0.934. The summed E-state index contributed by atoms with van der Waals surface area (Å²) in [6.45, 7) is 4.43. The van der Waals surface area contributed by atoms with Gasteiger partial charge in [-0.1, -0.05) is 43.9 Å². The molecule has 0 heterocycles. The number of nitrogen functional groups attached to an aromatic ring is 1. The lowest BCUT2D eigenvalue weighted by Gasteiger charge is -2.06. The van der Waals surface area contributed by atoms with E-state index in [0.717, 1.165) is 49.2 Å². The molecule has 0 aromatic heterocycles. The number of carbonyl (C=O) groups is 2. The van der Waals surface area contributed by atoms with Gasteiger partial charge >= 0.3 is 11.9 Å². The highest BCUT2D eigenvalue weighted by molar-refractivity contribution is 6.30. The summed E-state index contributed by atoms with van der Waals surface area (Å²) in [4.78, 5) is 21.5. The van der Waals surface area contributed by atoms with Crippen LogP contribution in [0.25, 0.3) is 0 Å². The molecule has 31 heavy (non-hydrogen) atoms. The first-order valence-corrected chi connectivity index (χ1v) is 10.6. The molecule has 6 nitrogen and oxygen atoms in total. The van der Waals surface area contributed by atoms with Gasteiger partial charge in [0.05, 0.1) is 18.8 Å². The van der Waals surface area contributed by atoms with Crippen molar-refractivity contribution in [3.63, 3.8) is 0 Å². The Morgan fingerprint density at radius 1 is 0.903 bits per heavy atom. The lowest BCUT2D eigenvalue weighted by molar-refractivity contribution is -0.137. The van der Waals surface area contributed by atoms with Crippen molar-refractivity contribution < 1.29 is 24.2 Å². The molecule has 0 aliphatic carbocycles. The summed E-state index contributed by atoms with van der Waals surface area (Å²) in [6, 6.07) is 13.5. The summed E-state index contributed by atoms with van der Waals surface area (Å²) in [5.41, 5.74) is 6.37. The van der Waals surface area contributed by atoms with Crippen LogP contribution in [0.5, 0.6) is 5.75 Å². The number of rotatable bonds is 12. The zero-order valence-electron chi connectivity index (χ0n) is 17.6. The first kappa shape index (κ1) is 26.0. The van der Waals surface area contributed by atoms with Crippen molar-refractivity contribution in [1.29, 1.82) is 0 Å². The summed E-state index contributed by atoms with van der Waals surface area (Å²) < 4.78 is 10.5. The number of anilines is 1. The number of hydrogen-bond donors (Lipinski definition) is 2. The molecule has 0 aliphatic heterocycles. The van der Waals surface area contributed by atoms with Gasteiger partial charge in [-0.2, -0.15) is 0 Å². The highest BCUT2D eigenvalue weighted by Gasteiger charge is 2.02. The molecule has 0 aliphatic rings. The van der Waals surface area contributed by atoms with Crippen LogP contribution in [0, 0.1) is 0 Å². The van der Waals surface area contributed by atoms with Crippen LogP contribution in [-0.2, 0) is 9.53 Å². The van der Waals surface area contributed by atoms with Crippen molar-refractivity contribution in [3.05, 3.63) is 71.8 Å². The Morgan fingerprint density at radius 3 is 1.97 bits per heavy atom. The van der Waals surface area contributed by atoms with E-state index in [1.165, 1.54) is 18.2 Å². The summed E-state index contributed by atoms with van der Waals surface area (Å²) in [6.07, 6.45) is 7.38. The summed E-state index contributed by atoms with van der Waals surface area (Å²) in [5, 5.41) is 9.52. The number of carboxylic acid groups (broad SMARTS) is 1. The minimum absolute atomic E-state index is 0.260. The predicted octanol–water partition coefficient (Wildman–Crippen LogP) is 5.76. The topological polar surface area (TPSA) is 98.8 Å². The molecule has 0 saturated heterocycles. The van der Waals surface area contributed by atoms with E-state index >= 15 is 0 Å². The predicted molar refractivity (Wildman–Crippen MR) is 124 cm³/mol. The van der Waals surface area contributed by atoms with Crippen molar-refractivity contribution in [2.45, 2.75) is 38.5 Å². The molecule has 0 unspecified atom stereocenters. The van der Waals surface area contributed by atoms with Crippen molar-refractivity contribution in [1.82, 2.24) is 0 Å². The second-order valence-electron chi connectivity index (χ2n) is 6.72. The molecule has 0 atom stereocenters. The Labute approximate surface area is 188 Å². The molecule has 0 bridgehead atoms. The van der Waals surface area contributed by atoms with E-state index in [0.29, 0.717) is 19.0 Å². The van der Waals surface area contributed by atoms with Gasteiger partial charge in [0.1, 0.15) is 5.75 Å². The number of unbranched alkanes of at least 4 members (excludes halogenated alkanes) is 5. The fourth-order valence-corrected chi connectivity index (χ4v) is 2.62. The number of carboxylic acids is 1. The largest absolute Gasteiger partial charge is 0.494 e. The maximum atomic E-state index is 10.8. The number of benzene rings is 2. The van der Waals surface area contributed by atoms with Gasteiger partial charge in [0.2, 0.25) is 0 Å². The molecule has 0 fully saturated rings. The molecule has 7 heteroatoms. The third kappa shape index (κ3) is 13.0. The SMILES string of the molecule is C=CC(=O)OCCCCCCCCOc1ccc(C(=O)O)cc1.Nc1ccc(Cl)cc1. The maximum Gasteiger partial charge on any atom is 0.335 e. The van der Waals surface area contributed by atoms with Crippen LogP contribution in [0.4, 0.5) is 5.69 Å². The van der Waals surface area contributed by atoms with E-state index in [1.807, 2.05) is 0 Å². The van der Waals surface area contributed by atoms with Crippen LogP contribution >= 0.6 is 11.6 Å². The summed E-state index contributed by atoms with van der Waals surface area (Å²) in [7, 11) is 0. The third-order valence-corrected chi connectivity index (χ3v) is 4.44. The number of halogens is 1. The Hall–Kier alpha value is -2.99. The van der Waals surface area contributed by atoms with E-state index in [2.05, 4.69) is 6.58 Å². The van der Waals surface area contributed by atoms with Gasteiger partial charge in [0.15, 0.2) is 0 Å². The minimum Gasteiger partial charge on any atom is -0.494 e. The smallest absolute Gasteiger partial charge is 0.335 e. The molecule has 3 N–H and O–H groups in total. The Balaban J connectivity index is 0.000000500. The van der Waals surface area contributed by atoms with E-state index in [4.69, 9.17) is 31.9 Å². The molecule has 2 rings (SSSR count). The average Bonchev–Trinajstić information content (AvgIpc) is 2.77. The fourth-order valence-electron chi connectivity index (χ4n) is 2.49. The average molecular weight is 448 g/mol. The lowest BCUT2D eigenvalue weighted by atomic mass is 10.1. The molecule has 0 spiro atoms. The highest BCUT2D eigenvalue weighted by atomic mass is 35.5. The van der Waals surface area contributed by atoms with Gasteiger partial charge in [0.25, 0.3) is 0 Å². The second-order valence-corrected chi connectivity index (χ2v) is 7.16. The molecular formula is C24H30ClNO5. The molecule has 2 aromatic carbocycles. The fraction of sp³-hybridized carbons (Fsp3) is 0.333. The van der Waals surface area contributed by atoms with Crippen LogP contribution in [0.15, 0.2) is 61.2 Å². The van der Waals surface area contributed by atoms with Gasteiger partial charge < -0.3 is 20.3 Å². The quantitative estimate of drug-likeness (QED) is 0.186. The maximum absolute atomic E-state index is 10.8. The van der Waals surface area contributed by atoms with E-state index < -0.39 is 5.97 Å². The molecule has 2 aromatic rings. The van der Waals surface area contributed by atoms with Crippen LogP contribution in [0.1, 0.15) is 48.9 Å². The third-order valence-electron chi connectivity index (χ3n) is 4.19. The van der Waals surface area contributed by atoms with Crippen molar-refractivity contribution in [3.8, 4) is 5.75 Å². The Kier molecular flexibility index (Phi) is 13.3. The first-order chi connectivity index (χ1) is 14.9. The number of aromatic carboxylic acids is 1. The van der Waals surface area contributed by atoms with Gasteiger partial charge in [-0.05, 0) is 61.4 Å².